The van der Waals surface area contributed by atoms with Crippen LogP contribution in [-0.2, 0) is 4.74 Å². The molecule has 1 aromatic rings. The summed E-state index contributed by atoms with van der Waals surface area (Å²) in [5.41, 5.74) is 0.956. The monoisotopic (exact) mass is 219 g/mol. The lowest BCUT2D eigenvalue weighted by atomic mass is 10.1. The number of nitro groups is 1. The molecule has 0 radical (unpaired) electrons. The van der Waals surface area contributed by atoms with E-state index in [-0.39, 0.29) is 5.69 Å². The molecular weight excluding hydrogens is 210 g/mol. The molecular formula is C10H9N3O3. The number of ether oxygens (including phenoxy) is 1. The second-order valence-electron chi connectivity index (χ2n) is 3.06. The molecule has 1 aliphatic heterocycles. The van der Waals surface area contributed by atoms with Crippen LogP contribution in [-0.4, -0.2) is 17.9 Å². The van der Waals surface area contributed by atoms with E-state index in [0.29, 0.717) is 17.1 Å². The van der Waals surface area contributed by atoms with Gasteiger partial charge in [-0.1, -0.05) is 6.07 Å². The molecule has 0 aliphatic carbocycles. The summed E-state index contributed by atoms with van der Waals surface area (Å²) in [6, 6.07) is 4.74. The third kappa shape index (κ3) is 1.60. The Bertz CT molecular complexity index is 494. The van der Waals surface area contributed by atoms with Crippen molar-refractivity contribution in [2.24, 2.45) is 4.99 Å². The molecule has 0 spiro atoms. The van der Waals surface area contributed by atoms with Crippen molar-refractivity contribution in [2.45, 2.75) is 0 Å². The Kier molecular flexibility index (Phi) is 2.55. The zero-order chi connectivity index (χ0) is 11.5. The molecule has 0 saturated carbocycles. The molecule has 16 heavy (non-hydrogen) atoms. The lowest BCUT2D eigenvalue weighted by Crippen LogP contribution is -2.06. The Morgan fingerprint density at radius 3 is 3.00 bits per heavy atom. The predicted molar refractivity (Wildman–Crippen MR) is 59.4 cm³/mol. The van der Waals surface area contributed by atoms with Gasteiger partial charge in [-0.25, -0.2) is 4.99 Å². The fourth-order valence-electron chi connectivity index (χ4n) is 1.48. The second-order valence-corrected chi connectivity index (χ2v) is 3.06. The molecule has 1 heterocycles. The average Bonchev–Trinajstić information content (AvgIpc) is 2.49. The summed E-state index contributed by atoms with van der Waals surface area (Å²) in [6.07, 6.45) is 3.01. The Balaban J connectivity index is 2.63. The van der Waals surface area contributed by atoms with E-state index in [1.54, 1.807) is 12.1 Å². The molecule has 0 amide bonds. The number of nitrogens with one attached hydrogen (secondary N) is 1. The smallest absolute Gasteiger partial charge is 0.293 e. The summed E-state index contributed by atoms with van der Waals surface area (Å²) in [4.78, 5) is 14.4. The number of benzene rings is 1. The van der Waals surface area contributed by atoms with E-state index < -0.39 is 4.92 Å². The topological polar surface area (TPSA) is 76.8 Å². The van der Waals surface area contributed by atoms with E-state index in [0.717, 1.165) is 0 Å². The number of nitrogens with zero attached hydrogens (tertiary/aromatic N) is 2. The summed E-state index contributed by atoms with van der Waals surface area (Å²) in [5, 5.41) is 13.7. The Hall–Kier alpha value is -2.37. The van der Waals surface area contributed by atoms with E-state index >= 15 is 0 Å². The molecule has 82 valence electrons. The first kappa shape index (κ1) is 10.2. The van der Waals surface area contributed by atoms with E-state index in [2.05, 4.69) is 10.3 Å². The Labute approximate surface area is 91.4 Å². The van der Waals surface area contributed by atoms with Crippen LogP contribution in [0.4, 0.5) is 11.4 Å². The van der Waals surface area contributed by atoms with Crippen molar-refractivity contribution in [1.29, 1.82) is 0 Å². The standard InChI is InChI=1S/C10H9N3O3/c1-16-10-7-3-2-4-8(13(14)15)9(7)11-5-6-12-10/h2-6,11H,1H3. The molecule has 0 bridgehead atoms. The van der Waals surface area contributed by atoms with Gasteiger partial charge in [-0.05, 0) is 6.07 Å². The quantitative estimate of drug-likeness (QED) is 0.578. The molecule has 2 rings (SSSR count). The van der Waals surface area contributed by atoms with Gasteiger partial charge in [0.05, 0.1) is 17.6 Å². The predicted octanol–water partition coefficient (Wildman–Crippen LogP) is 1.88. The van der Waals surface area contributed by atoms with Crippen LogP contribution in [0.3, 0.4) is 0 Å². The van der Waals surface area contributed by atoms with Gasteiger partial charge in [-0.15, -0.1) is 0 Å². The summed E-state index contributed by atoms with van der Waals surface area (Å²) >= 11 is 0. The van der Waals surface area contributed by atoms with E-state index in [9.17, 15) is 10.1 Å². The highest BCUT2D eigenvalue weighted by Crippen LogP contribution is 2.30. The van der Waals surface area contributed by atoms with Crippen LogP contribution < -0.4 is 5.32 Å². The Morgan fingerprint density at radius 2 is 2.31 bits per heavy atom. The first-order valence-corrected chi connectivity index (χ1v) is 4.55. The second kappa shape index (κ2) is 4.01. The maximum Gasteiger partial charge on any atom is 0.293 e. The van der Waals surface area contributed by atoms with Crippen molar-refractivity contribution >= 4 is 17.3 Å². The normalized spacial score (nSPS) is 13.2. The SMILES string of the molecule is COC1=NC=CNc2c1cccc2[N+](=O)[O-]. The number of nitro benzene ring substituents is 1. The van der Waals surface area contributed by atoms with Gasteiger partial charge in [-0.2, -0.15) is 0 Å². The zero-order valence-corrected chi connectivity index (χ0v) is 8.51. The number of rotatable bonds is 1. The highest BCUT2D eigenvalue weighted by Gasteiger charge is 2.21. The lowest BCUT2D eigenvalue weighted by Gasteiger charge is -2.08. The van der Waals surface area contributed by atoms with Crippen LogP contribution in [0.5, 0.6) is 0 Å². The molecule has 1 aromatic carbocycles. The summed E-state index contributed by atoms with van der Waals surface area (Å²) in [6.45, 7) is 0. The zero-order valence-electron chi connectivity index (χ0n) is 8.51. The number of hydrogen-bond acceptors (Lipinski definition) is 5. The van der Waals surface area contributed by atoms with Crippen molar-refractivity contribution in [2.75, 3.05) is 12.4 Å². The summed E-state index contributed by atoms with van der Waals surface area (Å²) < 4.78 is 5.07. The number of aliphatic imine (C=N–C) groups is 1. The van der Waals surface area contributed by atoms with Crippen molar-refractivity contribution < 1.29 is 9.66 Å². The van der Waals surface area contributed by atoms with E-state index in [1.165, 1.54) is 25.6 Å². The largest absolute Gasteiger partial charge is 0.481 e. The van der Waals surface area contributed by atoms with Gasteiger partial charge in [0.1, 0.15) is 5.69 Å². The van der Waals surface area contributed by atoms with Crippen LogP contribution in [0.25, 0.3) is 0 Å². The van der Waals surface area contributed by atoms with Gasteiger partial charge >= 0.3 is 0 Å². The van der Waals surface area contributed by atoms with Crippen molar-refractivity contribution in [3.05, 3.63) is 46.3 Å². The summed E-state index contributed by atoms with van der Waals surface area (Å²) in [5.74, 6) is 0.347. The van der Waals surface area contributed by atoms with E-state index in [1.807, 2.05) is 0 Å². The Morgan fingerprint density at radius 1 is 1.50 bits per heavy atom. The van der Waals surface area contributed by atoms with Gasteiger partial charge in [0, 0.05) is 18.5 Å². The summed E-state index contributed by atoms with van der Waals surface area (Å²) in [7, 11) is 1.47. The van der Waals surface area contributed by atoms with E-state index in [4.69, 9.17) is 4.74 Å². The van der Waals surface area contributed by atoms with Crippen LogP contribution in [0.15, 0.2) is 35.6 Å². The van der Waals surface area contributed by atoms with Gasteiger partial charge in [-0.3, -0.25) is 10.1 Å². The van der Waals surface area contributed by atoms with Gasteiger partial charge < -0.3 is 10.1 Å². The third-order valence-corrected chi connectivity index (χ3v) is 2.16. The molecule has 0 unspecified atom stereocenters. The molecule has 0 aromatic heterocycles. The fourth-order valence-corrected chi connectivity index (χ4v) is 1.48. The van der Waals surface area contributed by atoms with Crippen molar-refractivity contribution in [3.63, 3.8) is 0 Å². The molecule has 0 atom stereocenters. The highest BCUT2D eigenvalue weighted by atomic mass is 16.6. The van der Waals surface area contributed by atoms with Gasteiger partial charge in [0.25, 0.3) is 5.69 Å². The van der Waals surface area contributed by atoms with Crippen LogP contribution in [0, 0.1) is 10.1 Å². The molecule has 1 aliphatic rings. The minimum atomic E-state index is -0.446. The third-order valence-electron chi connectivity index (χ3n) is 2.16. The number of hydrogen-bond donors (Lipinski definition) is 1. The van der Waals surface area contributed by atoms with Crippen molar-refractivity contribution in [3.8, 4) is 0 Å². The average molecular weight is 219 g/mol. The minimum absolute atomic E-state index is 0.00574. The first-order chi connectivity index (χ1) is 7.74. The number of methoxy groups -OCH3 is 1. The number of fused-ring (bicyclic) bond motifs is 1. The number of para-hydroxylation sites is 1. The fraction of sp³-hybridized carbons (Fsp3) is 0.100. The van der Waals surface area contributed by atoms with Gasteiger partial charge in [0.15, 0.2) is 0 Å². The number of anilines is 1. The highest BCUT2D eigenvalue weighted by molar-refractivity contribution is 6.02. The molecule has 1 N–H and O–H groups in total. The van der Waals surface area contributed by atoms with Crippen LogP contribution in [0.2, 0.25) is 0 Å². The molecule has 6 heteroatoms. The maximum absolute atomic E-state index is 10.8. The molecule has 6 nitrogen and oxygen atoms in total. The lowest BCUT2D eigenvalue weighted by molar-refractivity contribution is -0.383. The maximum atomic E-state index is 10.8. The van der Waals surface area contributed by atoms with Crippen LogP contribution in [0.1, 0.15) is 5.56 Å². The van der Waals surface area contributed by atoms with Crippen LogP contribution >= 0.6 is 0 Å². The first-order valence-electron chi connectivity index (χ1n) is 4.55. The molecule has 0 saturated heterocycles. The van der Waals surface area contributed by atoms with Crippen molar-refractivity contribution in [1.82, 2.24) is 0 Å². The van der Waals surface area contributed by atoms with Gasteiger partial charge in [0.2, 0.25) is 5.90 Å². The molecule has 0 fully saturated rings. The minimum Gasteiger partial charge on any atom is -0.481 e.